The lowest BCUT2D eigenvalue weighted by Crippen LogP contribution is -2.48. The maximum absolute atomic E-state index is 13.0. The van der Waals surface area contributed by atoms with E-state index in [0.717, 1.165) is 84.2 Å². The average molecular weight is 543 g/mol. The van der Waals surface area contributed by atoms with Gasteiger partial charge in [-0.15, -0.1) is 0 Å². The lowest BCUT2D eigenvalue weighted by Gasteiger charge is -2.47. The fourth-order valence-corrected chi connectivity index (χ4v) is 8.89. The molecule has 0 radical (unpaired) electrons. The van der Waals surface area contributed by atoms with Gasteiger partial charge in [0, 0.05) is 55.6 Å². The molecule has 1 spiro atoms. The summed E-state index contributed by atoms with van der Waals surface area (Å²) in [5.41, 5.74) is 5.88. The predicted octanol–water partition coefficient (Wildman–Crippen LogP) is 5.48. The Hall–Kier alpha value is -2.28. The van der Waals surface area contributed by atoms with Crippen molar-refractivity contribution in [1.82, 2.24) is 20.1 Å². The van der Waals surface area contributed by atoms with Crippen LogP contribution in [0.2, 0.25) is 0 Å². The first kappa shape index (κ1) is 26.6. The van der Waals surface area contributed by atoms with Crippen molar-refractivity contribution in [3.63, 3.8) is 0 Å². The van der Waals surface area contributed by atoms with Crippen LogP contribution >= 0.6 is 0 Å². The Balaban J connectivity index is 1.07. The quantitative estimate of drug-likeness (QED) is 0.502. The Morgan fingerprint density at radius 1 is 1.00 bits per heavy atom. The lowest BCUT2D eigenvalue weighted by molar-refractivity contribution is -0.132. The van der Waals surface area contributed by atoms with E-state index in [2.05, 4.69) is 45.4 Å². The Morgan fingerprint density at radius 3 is 2.70 bits per heavy atom. The summed E-state index contributed by atoms with van der Waals surface area (Å²) in [5, 5.41) is 4.03. The van der Waals surface area contributed by atoms with Crippen molar-refractivity contribution in [2.75, 3.05) is 39.3 Å². The number of nitrogens with zero attached hydrogens (tertiary/aromatic N) is 3. The molecule has 2 aliphatic carbocycles. The minimum absolute atomic E-state index is 0.0578. The molecule has 5 aliphatic rings. The van der Waals surface area contributed by atoms with E-state index in [4.69, 9.17) is 9.72 Å². The van der Waals surface area contributed by atoms with E-state index in [0.29, 0.717) is 24.5 Å². The number of likely N-dealkylation sites (tertiary alicyclic amines) is 1. The Bertz CT molecular complexity index is 1190. The van der Waals surface area contributed by atoms with Crippen molar-refractivity contribution >= 4 is 5.91 Å². The number of ether oxygens (including phenoxy) is 1. The van der Waals surface area contributed by atoms with Crippen molar-refractivity contribution in [2.45, 2.75) is 100 Å². The van der Waals surface area contributed by atoms with E-state index in [-0.39, 0.29) is 11.0 Å². The van der Waals surface area contributed by atoms with Crippen LogP contribution in [-0.4, -0.2) is 65.6 Å². The SMILES string of the molecule is O=C(CN1CCc2cccc3c2C1CCC3NCC[C@@]1(c2ccccn2)CCOC2(CCCC2)C1)N1CCCC1. The molecule has 1 saturated carbocycles. The van der Waals surface area contributed by atoms with Crippen LogP contribution in [0, 0.1) is 0 Å². The zero-order valence-corrected chi connectivity index (χ0v) is 24.1. The van der Waals surface area contributed by atoms with Crippen LogP contribution in [-0.2, 0) is 21.4 Å². The first-order chi connectivity index (χ1) is 19.6. The van der Waals surface area contributed by atoms with Gasteiger partial charge < -0.3 is 15.0 Å². The van der Waals surface area contributed by atoms with Gasteiger partial charge in [0.1, 0.15) is 0 Å². The molecule has 7 rings (SSSR count). The number of pyridine rings is 1. The van der Waals surface area contributed by atoms with Gasteiger partial charge >= 0.3 is 0 Å². The van der Waals surface area contributed by atoms with E-state index in [1.54, 1.807) is 0 Å². The molecular formula is C34H46N4O2. The van der Waals surface area contributed by atoms with Crippen LogP contribution < -0.4 is 5.32 Å². The van der Waals surface area contributed by atoms with Crippen molar-refractivity contribution in [3.8, 4) is 0 Å². The standard InChI is InChI=1S/C34H46N4O2/c39-31(37-20-5-6-21-37)24-38-22-13-26-8-7-9-27-28(11-12-29(38)32(26)27)35-19-16-33(30-10-1-4-18-36-30)17-23-40-34(25-33)14-2-3-15-34/h1,4,7-10,18,28-29,35H,2-3,5-6,11-17,19-25H2/t28?,29?,33-/m1/s1. The van der Waals surface area contributed by atoms with E-state index in [1.807, 2.05) is 12.3 Å². The molecule has 3 fully saturated rings. The van der Waals surface area contributed by atoms with E-state index >= 15 is 0 Å². The van der Waals surface area contributed by atoms with Crippen LogP contribution in [0.1, 0.15) is 105 Å². The zero-order chi connectivity index (χ0) is 27.0. The van der Waals surface area contributed by atoms with Crippen LogP contribution in [0.3, 0.4) is 0 Å². The average Bonchev–Trinajstić information content (AvgIpc) is 3.69. The number of hydrogen-bond donors (Lipinski definition) is 1. The van der Waals surface area contributed by atoms with Crippen molar-refractivity contribution < 1.29 is 9.53 Å². The number of carbonyl (C=O) groups excluding carboxylic acids is 1. The molecule has 214 valence electrons. The summed E-state index contributed by atoms with van der Waals surface area (Å²) in [4.78, 5) is 22.5. The van der Waals surface area contributed by atoms with Crippen LogP contribution in [0.15, 0.2) is 42.6 Å². The van der Waals surface area contributed by atoms with E-state index < -0.39 is 0 Å². The van der Waals surface area contributed by atoms with Crippen molar-refractivity contribution in [1.29, 1.82) is 0 Å². The van der Waals surface area contributed by atoms with Crippen molar-refractivity contribution in [2.24, 2.45) is 0 Å². The third-order valence-corrected chi connectivity index (χ3v) is 10.9. The molecule has 1 N–H and O–H groups in total. The van der Waals surface area contributed by atoms with Gasteiger partial charge in [0.25, 0.3) is 0 Å². The number of aromatic nitrogens is 1. The highest BCUT2D eigenvalue weighted by atomic mass is 16.5. The topological polar surface area (TPSA) is 57.7 Å². The van der Waals surface area contributed by atoms with Gasteiger partial charge in [-0.2, -0.15) is 0 Å². The van der Waals surface area contributed by atoms with Crippen LogP contribution in [0.4, 0.5) is 0 Å². The number of amides is 1. The fraction of sp³-hybridized carbons (Fsp3) is 0.647. The summed E-state index contributed by atoms with van der Waals surface area (Å²) in [6, 6.07) is 14.1. The maximum Gasteiger partial charge on any atom is 0.236 e. The molecule has 2 unspecified atom stereocenters. The number of carbonyl (C=O) groups is 1. The van der Waals surface area contributed by atoms with Gasteiger partial charge in [0.2, 0.25) is 5.91 Å². The van der Waals surface area contributed by atoms with Gasteiger partial charge in [-0.1, -0.05) is 37.1 Å². The van der Waals surface area contributed by atoms with Gasteiger partial charge in [-0.3, -0.25) is 14.7 Å². The molecule has 1 amide bonds. The molecule has 4 heterocycles. The summed E-state index contributed by atoms with van der Waals surface area (Å²) in [6.07, 6.45) is 15.8. The number of rotatable bonds is 7. The highest BCUT2D eigenvalue weighted by Gasteiger charge is 2.48. The molecule has 6 nitrogen and oxygen atoms in total. The third kappa shape index (κ3) is 5.01. The second-order valence-corrected chi connectivity index (χ2v) is 13.2. The molecule has 3 atom stereocenters. The number of nitrogens with one attached hydrogen (secondary N) is 1. The highest BCUT2D eigenvalue weighted by molar-refractivity contribution is 5.78. The van der Waals surface area contributed by atoms with Gasteiger partial charge in [0.15, 0.2) is 0 Å². The third-order valence-electron chi connectivity index (χ3n) is 10.9. The summed E-state index contributed by atoms with van der Waals surface area (Å²) in [6.45, 7) is 5.29. The molecular weight excluding hydrogens is 496 g/mol. The molecule has 40 heavy (non-hydrogen) atoms. The highest BCUT2D eigenvalue weighted by Crippen LogP contribution is 2.50. The first-order valence-corrected chi connectivity index (χ1v) is 16.1. The minimum atomic E-state index is 0.0578. The summed E-state index contributed by atoms with van der Waals surface area (Å²) >= 11 is 0. The summed E-state index contributed by atoms with van der Waals surface area (Å²) in [5.74, 6) is 0.329. The second-order valence-electron chi connectivity index (χ2n) is 13.2. The largest absolute Gasteiger partial charge is 0.375 e. The molecule has 2 aromatic rings. The second kappa shape index (κ2) is 11.2. The number of hydrogen-bond acceptors (Lipinski definition) is 5. The molecule has 0 bridgehead atoms. The Morgan fingerprint density at radius 2 is 1.88 bits per heavy atom. The Labute approximate surface area is 239 Å². The molecule has 1 aromatic heterocycles. The Kier molecular flexibility index (Phi) is 7.44. The maximum atomic E-state index is 13.0. The summed E-state index contributed by atoms with van der Waals surface area (Å²) < 4.78 is 6.48. The molecule has 2 saturated heterocycles. The normalized spacial score (nSPS) is 29.6. The molecule has 3 aliphatic heterocycles. The zero-order valence-electron chi connectivity index (χ0n) is 24.1. The smallest absolute Gasteiger partial charge is 0.236 e. The van der Waals surface area contributed by atoms with Crippen molar-refractivity contribution in [3.05, 3.63) is 65.0 Å². The van der Waals surface area contributed by atoms with Crippen LogP contribution in [0.25, 0.3) is 0 Å². The minimum Gasteiger partial charge on any atom is -0.375 e. The van der Waals surface area contributed by atoms with Gasteiger partial charge in [0.05, 0.1) is 12.1 Å². The number of benzene rings is 1. The summed E-state index contributed by atoms with van der Waals surface area (Å²) in [7, 11) is 0. The van der Waals surface area contributed by atoms with E-state index in [1.165, 1.54) is 48.1 Å². The van der Waals surface area contributed by atoms with Crippen LogP contribution in [0.5, 0.6) is 0 Å². The monoisotopic (exact) mass is 542 g/mol. The lowest BCUT2D eigenvalue weighted by atomic mass is 9.68. The van der Waals surface area contributed by atoms with Gasteiger partial charge in [-0.05, 0) is 99.6 Å². The molecule has 6 heteroatoms. The predicted molar refractivity (Wildman–Crippen MR) is 157 cm³/mol. The first-order valence-electron chi connectivity index (χ1n) is 16.1. The molecule has 1 aromatic carbocycles. The fourth-order valence-electron chi connectivity index (χ4n) is 8.89. The van der Waals surface area contributed by atoms with Gasteiger partial charge in [-0.25, -0.2) is 0 Å². The van der Waals surface area contributed by atoms with E-state index in [9.17, 15) is 4.79 Å².